The van der Waals surface area contributed by atoms with Crippen LogP contribution in [0.1, 0.15) is 18.1 Å². The summed E-state index contributed by atoms with van der Waals surface area (Å²) in [7, 11) is -3.26. The first-order valence-electron chi connectivity index (χ1n) is 6.48. The third-order valence-corrected chi connectivity index (χ3v) is 5.56. The Morgan fingerprint density at radius 3 is 2.80 bits per heavy atom. The number of rotatable bonds is 5. The van der Waals surface area contributed by atoms with E-state index in [0.29, 0.717) is 5.69 Å². The van der Waals surface area contributed by atoms with Crippen molar-refractivity contribution in [2.24, 2.45) is 4.99 Å². The van der Waals surface area contributed by atoms with Crippen molar-refractivity contribution in [1.29, 1.82) is 0 Å². The molecule has 0 fully saturated rings. The zero-order valence-electron chi connectivity index (χ0n) is 11.5. The zero-order valence-corrected chi connectivity index (χ0v) is 13.9. The molecule has 5 nitrogen and oxygen atoms in total. The Labute approximate surface area is 128 Å². The molecule has 110 valence electrons. The van der Waals surface area contributed by atoms with Crippen LogP contribution < -0.4 is 10.0 Å². The maximum absolute atomic E-state index is 11.6. The minimum atomic E-state index is -3.26. The SMILES string of the molecule is CCS(=O)(=O)Nc1ccc(CC2=NCCN2)c(C)c1Br. The zero-order chi connectivity index (χ0) is 14.8. The topological polar surface area (TPSA) is 70.6 Å². The first-order valence-corrected chi connectivity index (χ1v) is 8.93. The van der Waals surface area contributed by atoms with Gasteiger partial charge in [0.2, 0.25) is 10.0 Å². The molecular weight excluding hydrogens is 342 g/mol. The van der Waals surface area contributed by atoms with E-state index in [9.17, 15) is 8.42 Å². The van der Waals surface area contributed by atoms with E-state index >= 15 is 0 Å². The van der Waals surface area contributed by atoms with Gasteiger partial charge in [0.05, 0.1) is 18.0 Å². The van der Waals surface area contributed by atoms with E-state index in [0.717, 1.165) is 40.9 Å². The lowest BCUT2D eigenvalue weighted by Gasteiger charge is -2.14. The Morgan fingerprint density at radius 2 is 2.20 bits per heavy atom. The fraction of sp³-hybridized carbons (Fsp3) is 0.462. The van der Waals surface area contributed by atoms with Gasteiger partial charge in [0, 0.05) is 17.4 Å². The molecule has 1 aromatic rings. The van der Waals surface area contributed by atoms with E-state index in [4.69, 9.17) is 0 Å². The third-order valence-electron chi connectivity index (χ3n) is 3.25. The number of anilines is 1. The van der Waals surface area contributed by atoms with Crippen LogP contribution in [-0.4, -0.2) is 33.1 Å². The van der Waals surface area contributed by atoms with Crippen molar-refractivity contribution in [2.75, 3.05) is 23.6 Å². The molecule has 0 saturated carbocycles. The summed E-state index contributed by atoms with van der Waals surface area (Å²) in [6.45, 7) is 5.30. The highest BCUT2D eigenvalue weighted by Gasteiger charge is 2.14. The molecule has 20 heavy (non-hydrogen) atoms. The van der Waals surface area contributed by atoms with Crippen LogP contribution in [0.25, 0.3) is 0 Å². The molecule has 0 aromatic heterocycles. The molecule has 1 heterocycles. The summed E-state index contributed by atoms with van der Waals surface area (Å²) >= 11 is 3.48. The van der Waals surface area contributed by atoms with E-state index in [1.165, 1.54) is 0 Å². The minimum Gasteiger partial charge on any atom is -0.372 e. The number of hydrogen-bond donors (Lipinski definition) is 2. The first kappa shape index (κ1) is 15.3. The van der Waals surface area contributed by atoms with Gasteiger partial charge in [-0.2, -0.15) is 0 Å². The summed E-state index contributed by atoms with van der Waals surface area (Å²) < 4.78 is 26.6. The van der Waals surface area contributed by atoms with Crippen molar-refractivity contribution in [3.63, 3.8) is 0 Å². The number of amidine groups is 1. The highest BCUT2D eigenvalue weighted by Crippen LogP contribution is 2.30. The van der Waals surface area contributed by atoms with Crippen molar-refractivity contribution >= 4 is 37.5 Å². The molecule has 0 atom stereocenters. The molecule has 1 aromatic carbocycles. The maximum atomic E-state index is 11.6. The molecule has 7 heteroatoms. The second-order valence-electron chi connectivity index (χ2n) is 4.65. The Bertz CT molecular complexity index is 641. The Hall–Kier alpha value is -1.08. The van der Waals surface area contributed by atoms with Gasteiger partial charge in [-0.1, -0.05) is 6.07 Å². The summed E-state index contributed by atoms with van der Waals surface area (Å²) in [6.07, 6.45) is 0.741. The fourth-order valence-electron chi connectivity index (χ4n) is 1.98. The van der Waals surface area contributed by atoms with E-state index in [1.807, 2.05) is 13.0 Å². The number of nitrogens with one attached hydrogen (secondary N) is 2. The van der Waals surface area contributed by atoms with Crippen molar-refractivity contribution in [1.82, 2.24) is 5.32 Å². The normalized spacial score (nSPS) is 14.8. The summed E-state index contributed by atoms with van der Waals surface area (Å²) in [5, 5.41) is 3.24. The van der Waals surface area contributed by atoms with E-state index in [1.54, 1.807) is 13.0 Å². The van der Waals surface area contributed by atoms with Gasteiger partial charge in [-0.3, -0.25) is 9.71 Å². The maximum Gasteiger partial charge on any atom is 0.232 e. The number of nitrogens with zero attached hydrogens (tertiary/aromatic N) is 1. The standard InChI is InChI=1S/C13H18BrN3O2S/c1-3-20(18,19)17-11-5-4-10(9(2)13(11)14)8-12-15-6-7-16-12/h4-5,17H,3,6-8H2,1-2H3,(H,15,16). The molecule has 2 rings (SSSR count). The van der Waals surface area contributed by atoms with Crippen molar-refractivity contribution in [3.05, 3.63) is 27.7 Å². The van der Waals surface area contributed by atoms with Crippen LogP contribution >= 0.6 is 15.9 Å². The number of aliphatic imine (C=N–C) groups is 1. The Balaban J connectivity index is 2.24. The highest BCUT2D eigenvalue weighted by molar-refractivity contribution is 9.10. The molecule has 0 amide bonds. The van der Waals surface area contributed by atoms with Gasteiger partial charge in [-0.25, -0.2) is 8.42 Å². The second-order valence-corrected chi connectivity index (χ2v) is 7.45. The third kappa shape index (κ3) is 3.52. The molecule has 0 aliphatic carbocycles. The lowest BCUT2D eigenvalue weighted by Crippen LogP contribution is -2.21. The predicted molar refractivity (Wildman–Crippen MR) is 86.0 cm³/mol. The predicted octanol–water partition coefficient (Wildman–Crippen LogP) is 2.06. The van der Waals surface area contributed by atoms with Crippen LogP contribution in [0.5, 0.6) is 0 Å². The van der Waals surface area contributed by atoms with Gasteiger partial charge in [-0.05, 0) is 47.0 Å². The van der Waals surface area contributed by atoms with Gasteiger partial charge in [0.1, 0.15) is 5.84 Å². The van der Waals surface area contributed by atoms with Crippen LogP contribution in [0, 0.1) is 6.92 Å². The number of halogens is 1. The Kier molecular flexibility index (Phi) is 4.70. The quantitative estimate of drug-likeness (QED) is 0.845. The molecule has 0 unspecified atom stereocenters. The molecule has 0 saturated heterocycles. The summed E-state index contributed by atoms with van der Waals surface area (Å²) in [5.74, 6) is 1.04. The second kappa shape index (κ2) is 6.13. The molecule has 1 aliphatic rings. The number of sulfonamides is 1. The van der Waals surface area contributed by atoms with Crippen LogP contribution in [0.4, 0.5) is 5.69 Å². The minimum absolute atomic E-state index is 0.0565. The van der Waals surface area contributed by atoms with Crippen LogP contribution in [0.15, 0.2) is 21.6 Å². The monoisotopic (exact) mass is 359 g/mol. The lowest BCUT2D eigenvalue weighted by molar-refractivity contribution is 0.602. The van der Waals surface area contributed by atoms with Gasteiger partial charge in [-0.15, -0.1) is 0 Å². The van der Waals surface area contributed by atoms with Gasteiger partial charge in [0.25, 0.3) is 0 Å². The van der Waals surface area contributed by atoms with Crippen molar-refractivity contribution < 1.29 is 8.42 Å². The smallest absolute Gasteiger partial charge is 0.232 e. The Morgan fingerprint density at radius 1 is 1.45 bits per heavy atom. The molecule has 2 N–H and O–H groups in total. The summed E-state index contributed by atoms with van der Waals surface area (Å²) in [6, 6.07) is 3.73. The van der Waals surface area contributed by atoms with Crippen molar-refractivity contribution in [3.8, 4) is 0 Å². The van der Waals surface area contributed by atoms with Crippen molar-refractivity contribution in [2.45, 2.75) is 20.3 Å². The van der Waals surface area contributed by atoms with E-state index < -0.39 is 10.0 Å². The van der Waals surface area contributed by atoms with Crippen LogP contribution in [-0.2, 0) is 16.4 Å². The first-order chi connectivity index (χ1) is 9.43. The molecule has 1 aliphatic heterocycles. The van der Waals surface area contributed by atoms with Crippen LogP contribution in [0.3, 0.4) is 0 Å². The summed E-state index contributed by atoms with van der Waals surface area (Å²) in [4.78, 5) is 4.38. The van der Waals surface area contributed by atoms with E-state index in [2.05, 4.69) is 31.0 Å². The van der Waals surface area contributed by atoms with Gasteiger partial charge in [0.15, 0.2) is 0 Å². The average molecular weight is 360 g/mol. The fourth-order valence-corrected chi connectivity index (χ4v) is 3.25. The number of hydrogen-bond acceptors (Lipinski definition) is 4. The lowest BCUT2D eigenvalue weighted by atomic mass is 10.0. The molecule has 0 spiro atoms. The average Bonchev–Trinajstić information content (AvgIpc) is 2.91. The summed E-state index contributed by atoms with van der Waals surface area (Å²) in [5.41, 5.74) is 2.73. The molecule has 0 radical (unpaired) electrons. The van der Waals surface area contributed by atoms with Gasteiger partial charge >= 0.3 is 0 Å². The van der Waals surface area contributed by atoms with E-state index in [-0.39, 0.29) is 5.75 Å². The van der Waals surface area contributed by atoms with Crippen LogP contribution in [0.2, 0.25) is 0 Å². The molecule has 0 bridgehead atoms. The molecular formula is C13H18BrN3O2S. The highest BCUT2D eigenvalue weighted by atomic mass is 79.9. The van der Waals surface area contributed by atoms with Gasteiger partial charge < -0.3 is 5.32 Å². The number of benzene rings is 1. The largest absolute Gasteiger partial charge is 0.372 e.